The highest BCUT2D eigenvalue weighted by molar-refractivity contribution is 5.92. The molecule has 1 saturated carbocycles. The number of hydrogen-bond acceptors (Lipinski definition) is 7. The fourth-order valence-corrected chi connectivity index (χ4v) is 5.47. The number of rotatable bonds is 6. The van der Waals surface area contributed by atoms with Crippen LogP contribution in [0.2, 0.25) is 0 Å². The van der Waals surface area contributed by atoms with Crippen LogP contribution in [0.25, 0.3) is 0 Å². The van der Waals surface area contributed by atoms with Crippen LogP contribution in [0.1, 0.15) is 61.1 Å². The van der Waals surface area contributed by atoms with Crippen molar-refractivity contribution in [3.05, 3.63) is 47.2 Å². The molecule has 1 aliphatic carbocycles. The molecule has 2 fully saturated rings. The van der Waals surface area contributed by atoms with E-state index in [1.54, 1.807) is 18.2 Å². The van der Waals surface area contributed by atoms with Gasteiger partial charge in [-0.15, -0.1) is 10.2 Å². The Hall–Kier alpha value is -3.39. The number of benzene rings is 1. The van der Waals surface area contributed by atoms with Crippen molar-refractivity contribution in [2.75, 3.05) is 24.6 Å². The average Bonchev–Trinajstić information content (AvgIpc) is 2.89. The minimum absolute atomic E-state index is 0.0727. The molecule has 2 unspecified atom stereocenters. The summed E-state index contributed by atoms with van der Waals surface area (Å²) < 4.78 is 45.4. The summed E-state index contributed by atoms with van der Waals surface area (Å²) in [6, 6.07) is 8.27. The van der Waals surface area contributed by atoms with E-state index in [0.717, 1.165) is 25.2 Å². The van der Waals surface area contributed by atoms with Crippen molar-refractivity contribution in [3.8, 4) is 11.8 Å². The predicted molar refractivity (Wildman–Crippen MR) is 133 cm³/mol. The highest BCUT2D eigenvalue weighted by atomic mass is 19.4. The summed E-state index contributed by atoms with van der Waals surface area (Å²) in [5, 5.41) is 29.9. The molecule has 2 aliphatic rings. The summed E-state index contributed by atoms with van der Waals surface area (Å²) in [5.41, 5.74) is -1.23. The number of aliphatic hydroxyl groups excluding tert-OH is 1. The average molecular weight is 532 g/mol. The van der Waals surface area contributed by atoms with Crippen LogP contribution in [0.3, 0.4) is 0 Å². The smallest absolute Gasteiger partial charge is 0.417 e. The molecule has 204 valence electrons. The number of nitrogens with zero attached hydrogens (tertiary/aromatic N) is 4. The van der Waals surface area contributed by atoms with Crippen LogP contribution in [0.4, 0.5) is 19.0 Å². The molecule has 0 bridgehead atoms. The quantitative estimate of drug-likeness (QED) is 0.575. The molecule has 0 spiro atoms. The van der Waals surface area contributed by atoms with Crippen LogP contribution in [-0.2, 0) is 6.18 Å². The predicted octanol–water partition coefficient (Wildman–Crippen LogP) is 4.19. The fraction of sp³-hybridized carbons (Fsp3) is 0.556. The second-order valence-electron chi connectivity index (χ2n) is 10.4. The Morgan fingerprint density at radius 3 is 2.37 bits per heavy atom. The third-order valence-electron chi connectivity index (χ3n) is 7.63. The third kappa shape index (κ3) is 6.35. The van der Waals surface area contributed by atoms with E-state index in [4.69, 9.17) is 10.00 Å². The number of nitrogens with one attached hydrogen (secondary N) is 1. The van der Waals surface area contributed by atoms with E-state index in [1.807, 2.05) is 0 Å². The molecule has 1 amide bonds. The zero-order valence-electron chi connectivity index (χ0n) is 21.4. The summed E-state index contributed by atoms with van der Waals surface area (Å²) in [7, 11) is 0. The van der Waals surface area contributed by atoms with Gasteiger partial charge in [-0.1, -0.05) is 13.8 Å². The van der Waals surface area contributed by atoms with Crippen LogP contribution in [0.15, 0.2) is 30.3 Å². The van der Waals surface area contributed by atoms with Gasteiger partial charge in [0, 0.05) is 25.7 Å². The van der Waals surface area contributed by atoms with Crippen molar-refractivity contribution in [2.45, 2.75) is 57.9 Å². The first-order valence-electron chi connectivity index (χ1n) is 12.9. The molecule has 2 heterocycles. The maximum Gasteiger partial charge on any atom is 0.417 e. The number of anilines is 1. The van der Waals surface area contributed by atoms with Gasteiger partial charge < -0.3 is 20.1 Å². The summed E-state index contributed by atoms with van der Waals surface area (Å²) in [4.78, 5) is 14.9. The van der Waals surface area contributed by atoms with Crippen molar-refractivity contribution < 1.29 is 27.8 Å². The summed E-state index contributed by atoms with van der Waals surface area (Å²) in [6.45, 7) is 5.93. The molecule has 1 saturated heterocycles. The lowest BCUT2D eigenvalue weighted by molar-refractivity contribution is -0.137. The van der Waals surface area contributed by atoms with Gasteiger partial charge in [0.05, 0.1) is 23.3 Å². The first-order valence-corrected chi connectivity index (χ1v) is 12.9. The van der Waals surface area contributed by atoms with E-state index >= 15 is 0 Å². The molecule has 1 aromatic heterocycles. The first-order chi connectivity index (χ1) is 18.1. The van der Waals surface area contributed by atoms with Gasteiger partial charge >= 0.3 is 6.18 Å². The largest absolute Gasteiger partial charge is 0.490 e. The molecule has 2 N–H and O–H groups in total. The minimum Gasteiger partial charge on any atom is -0.490 e. The second kappa shape index (κ2) is 11.6. The number of ether oxygens (including phenoxy) is 1. The summed E-state index contributed by atoms with van der Waals surface area (Å²) in [6.07, 6.45) is -2.56. The van der Waals surface area contributed by atoms with Crippen LogP contribution in [-0.4, -0.2) is 53.1 Å². The molecule has 4 rings (SSSR count). The topological polar surface area (TPSA) is 111 Å². The zero-order chi connectivity index (χ0) is 27.4. The number of carbonyl (C=O) groups excluding carboxylic acids is 1. The number of hydrogen-bond donors (Lipinski definition) is 2. The van der Waals surface area contributed by atoms with E-state index in [9.17, 15) is 23.1 Å². The second-order valence-corrected chi connectivity index (χ2v) is 10.4. The highest BCUT2D eigenvalue weighted by Crippen LogP contribution is 2.35. The molecular weight excluding hydrogens is 499 g/mol. The van der Waals surface area contributed by atoms with Crippen molar-refractivity contribution in [1.29, 1.82) is 5.26 Å². The van der Waals surface area contributed by atoms with Crippen LogP contribution >= 0.6 is 0 Å². The lowest BCUT2D eigenvalue weighted by Crippen LogP contribution is -2.46. The van der Waals surface area contributed by atoms with Crippen LogP contribution in [0, 0.1) is 29.1 Å². The van der Waals surface area contributed by atoms with E-state index in [1.165, 1.54) is 6.07 Å². The number of nitriles is 1. The molecule has 2 aromatic rings. The van der Waals surface area contributed by atoms with Gasteiger partial charge in [0.25, 0.3) is 5.91 Å². The Morgan fingerprint density at radius 2 is 1.82 bits per heavy atom. The van der Waals surface area contributed by atoms with Crippen molar-refractivity contribution in [3.63, 3.8) is 0 Å². The normalized spacial score (nSPS) is 25.9. The van der Waals surface area contributed by atoms with Gasteiger partial charge in [0.1, 0.15) is 5.75 Å². The van der Waals surface area contributed by atoms with Gasteiger partial charge in [-0.05, 0) is 73.8 Å². The Balaban J connectivity index is 1.28. The van der Waals surface area contributed by atoms with Crippen molar-refractivity contribution >= 4 is 11.7 Å². The fourth-order valence-electron chi connectivity index (χ4n) is 5.47. The monoisotopic (exact) mass is 531 g/mol. The van der Waals surface area contributed by atoms with Crippen LogP contribution in [0.5, 0.6) is 5.75 Å². The van der Waals surface area contributed by atoms with E-state index in [-0.39, 0.29) is 42.0 Å². The van der Waals surface area contributed by atoms with Crippen LogP contribution < -0.4 is 15.0 Å². The molecular formula is C27H32F3N5O3. The Labute approximate surface area is 219 Å². The number of aliphatic hydroxyl groups is 1. The summed E-state index contributed by atoms with van der Waals surface area (Å²) >= 11 is 0. The van der Waals surface area contributed by atoms with Gasteiger partial charge in [-0.25, -0.2) is 0 Å². The molecule has 38 heavy (non-hydrogen) atoms. The van der Waals surface area contributed by atoms with Crippen molar-refractivity contribution in [1.82, 2.24) is 15.5 Å². The highest BCUT2D eigenvalue weighted by Gasteiger charge is 2.35. The van der Waals surface area contributed by atoms with E-state index < -0.39 is 17.3 Å². The minimum atomic E-state index is -4.64. The molecule has 1 aliphatic heterocycles. The van der Waals surface area contributed by atoms with Crippen molar-refractivity contribution in [2.24, 2.45) is 17.8 Å². The van der Waals surface area contributed by atoms with Gasteiger partial charge in [0.2, 0.25) is 0 Å². The van der Waals surface area contributed by atoms with Gasteiger partial charge in [-0.3, -0.25) is 4.79 Å². The Bertz CT molecular complexity index is 1150. The lowest BCUT2D eigenvalue weighted by Gasteiger charge is -2.41. The third-order valence-corrected chi connectivity index (χ3v) is 7.63. The van der Waals surface area contributed by atoms with E-state index in [2.05, 4.69) is 34.3 Å². The number of aromatic nitrogens is 2. The van der Waals surface area contributed by atoms with Gasteiger partial charge in [0.15, 0.2) is 11.5 Å². The van der Waals surface area contributed by atoms with Gasteiger partial charge in [-0.2, -0.15) is 18.4 Å². The first kappa shape index (κ1) is 27.6. The molecule has 8 nitrogen and oxygen atoms in total. The maximum atomic E-state index is 13.2. The molecule has 0 radical (unpaired) electrons. The Kier molecular flexibility index (Phi) is 8.41. The Morgan fingerprint density at radius 1 is 1.13 bits per heavy atom. The molecule has 2 atom stereocenters. The summed E-state index contributed by atoms with van der Waals surface area (Å²) in [5.74, 6) is 1.34. The standard InChI is InChI=1S/C27H32F3N5O3/c1-16-13-35(14-17(2)22(16)15-36)25-10-9-24(33-34-25)26(37)32-19-4-7-20(8-5-19)38-21-6-3-18(12-31)23(11-21)27(28,29)30/h3,6,9-11,16-17,19-20,22,36H,4-5,7-8,13-15H2,1-2H3,(H,32,37). The number of amides is 1. The lowest BCUT2D eigenvalue weighted by atomic mass is 9.80. The number of alkyl halides is 3. The number of piperidine rings is 1. The van der Waals surface area contributed by atoms with E-state index in [0.29, 0.717) is 43.3 Å². The molecule has 1 aromatic carbocycles. The molecule has 11 heteroatoms. The number of carbonyl (C=O) groups is 1. The maximum absolute atomic E-state index is 13.2. The zero-order valence-corrected chi connectivity index (χ0v) is 21.4. The number of halogens is 3. The SMILES string of the molecule is CC1CN(c2ccc(C(=O)NC3CCC(Oc4ccc(C#N)c(C(F)(F)F)c4)CC3)nn2)CC(C)C1CO.